The number of nitrogens with one attached hydrogen (secondary N) is 3. The third kappa shape index (κ3) is 7.09. The Balaban J connectivity index is 1.45. The summed E-state index contributed by atoms with van der Waals surface area (Å²) >= 11 is 5.31. The molecule has 3 aromatic rings. The predicted octanol–water partition coefficient (Wildman–Crippen LogP) is 3.09. The van der Waals surface area contributed by atoms with Gasteiger partial charge in [0.25, 0.3) is 5.91 Å². The van der Waals surface area contributed by atoms with Crippen molar-refractivity contribution < 1.29 is 28.6 Å². The lowest BCUT2D eigenvalue weighted by Crippen LogP contribution is -2.45. The van der Waals surface area contributed by atoms with E-state index in [0.29, 0.717) is 34.3 Å². The zero-order valence-electron chi connectivity index (χ0n) is 22.9. The average molecular weight is 578 g/mol. The molecule has 2 aromatic carbocycles. The number of allylic oxidation sites excluding steroid dienone is 1. The van der Waals surface area contributed by atoms with Gasteiger partial charge in [-0.05, 0) is 45.1 Å². The van der Waals surface area contributed by atoms with Crippen LogP contribution in [-0.2, 0) is 30.4 Å². The first kappa shape index (κ1) is 29.3. The van der Waals surface area contributed by atoms with Crippen molar-refractivity contribution in [2.75, 3.05) is 19.8 Å². The van der Waals surface area contributed by atoms with Gasteiger partial charge in [0.15, 0.2) is 11.7 Å². The maximum Gasteiger partial charge on any atom is 0.338 e. The van der Waals surface area contributed by atoms with Gasteiger partial charge < -0.3 is 29.4 Å². The van der Waals surface area contributed by atoms with Crippen LogP contribution in [0.25, 0.3) is 10.9 Å². The molecule has 0 saturated carbocycles. The number of carbonyl (C=O) groups is 3. The molecule has 0 radical (unpaired) electrons. The van der Waals surface area contributed by atoms with Crippen molar-refractivity contribution in [3.05, 3.63) is 77.1 Å². The maximum absolute atomic E-state index is 12.7. The Morgan fingerprint density at radius 2 is 1.80 bits per heavy atom. The van der Waals surface area contributed by atoms with Gasteiger partial charge in [0.1, 0.15) is 12.3 Å². The third-order valence-corrected chi connectivity index (χ3v) is 6.39. The van der Waals surface area contributed by atoms with Crippen LogP contribution >= 0.6 is 12.2 Å². The van der Waals surface area contributed by atoms with E-state index in [1.54, 1.807) is 55.8 Å². The van der Waals surface area contributed by atoms with Gasteiger partial charge in [-0.2, -0.15) is 5.10 Å². The molecule has 2 heterocycles. The van der Waals surface area contributed by atoms with Gasteiger partial charge >= 0.3 is 11.9 Å². The minimum atomic E-state index is -0.632. The molecule has 214 valence electrons. The Labute approximate surface area is 242 Å². The molecule has 0 bridgehead atoms. The summed E-state index contributed by atoms with van der Waals surface area (Å²) in [5.41, 5.74) is 5.58. The van der Waals surface area contributed by atoms with Crippen molar-refractivity contribution in [3.63, 3.8) is 0 Å². The summed E-state index contributed by atoms with van der Waals surface area (Å²) in [6.07, 6.45) is 3.28. The van der Waals surface area contributed by atoms with Crippen LogP contribution in [0.3, 0.4) is 0 Å². The summed E-state index contributed by atoms with van der Waals surface area (Å²) in [7, 11) is 0. The smallest absolute Gasteiger partial charge is 0.338 e. The molecule has 3 N–H and O–H groups in total. The first-order chi connectivity index (χ1) is 19.8. The molecule has 1 atom stereocenters. The molecule has 11 nitrogen and oxygen atoms in total. The van der Waals surface area contributed by atoms with E-state index in [1.807, 2.05) is 24.3 Å². The Morgan fingerprint density at radius 1 is 1.07 bits per heavy atom. The molecule has 0 spiro atoms. The number of fused-ring (bicyclic) bond motifs is 1. The van der Waals surface area contributed by atoms with E-state index < -0.39 is 17.9 Å². The number of amides is 1. The van der Waals surface area contributed by atoms with Crippen LogP contribution in [0, 0.1) is 0 Å². The molecule has 1 aliphatic rings. The molecule has 1 aliphatic heterocycles. The summed E-state index contributed by atoms with van der Waals surface area (Å²) in [5.74, 6) is -0.921. The minimum absolute atomic E-state index is 0.0605. The molecule has 0 fully saturated rings. The summed E-state index contributed by atoms with van der Waals surface area (Å²) in [5, 5.41) is 11.4. The van der Waals surface area contributed by atoms with Crippen LogP contribution in [-0.4, -0.2) is 53.6 Å². The quantitative estimate of drug-likeness (QED) is 0.136. The van der Waals surface area contributed by atoms with E-state index in [-0.39, 0.29) is 25.7 Å². The molecule has 0 saturated heterocycles. The molecule has 4 rings (SSSR count). The Bertz CT molecular complexity index is 1530. The van der Waals surface area contributed by atoms with E-state index in [1.165, 1.54) is 6.21 Å². The van der Waals surface area contributed by atoms with Crippen LogP contribution in [0.4, 0.5) is 0 Å². The SMILES string of the molecule is CCOC(=O)Cn1cc(C=NNC(=O)COc2ccccc2[C@H]2NC(=S)NC(C)=C2C(=O)OCC)c2ccccc21. The number of carbonyl (C=O) groups excluding carboxylic acids is 3. The number of para-hydroxylation sites is 2. The second kappa shape index (κ2) is 13.6. The van der Waals surface area contributed by atoms with E-state index in [9.17, 15) is 14.4 Å². The van der Waals surface area contributed by atoms with Crippen molar-refractivity contribution in [1.82, 2.24) is 20.6 Å². The van der Waals surface area contributed by atoms with Crippen LogP contribution in [0.1, 0.15) is 37.9 Å². The first-order valence-electron chi connectivity index (χ1n) is 13.0. The number of nitrogens with zero attached hydrogens (tertiary/aromatic N) is 2. The summed E-state index contributed by atoms with van der Waals surface area (Å²) in [4.78, 5) is 37.3. The highest BCUT2D eigenvalue weighted by atomic mass is 32.1. The van der Waals surface area contributed by atoms with Crippen LogP contribution < -0.4 is 20.8 Å². The zero-order valence-corrected chi connectivity index (χ0v) is 23.7. The lowest BCUT2D eigenvalue weighted by molar-refractivity contribution is -0.143. The standard InChI is InChI=1S/C29H31N5O6S/c1-4-38-25(36)16-34-15-19(20-10-6-8-12-22(20)34)14-30-33-24(35)17-40-23-13-9-7-11-21(23)27-26(28(37)39-5-2)18(3)31-29(41)32-27/h6-15,27H,4-5,16-17H2,1-3H3,(H,33,35)(H2,31,32,41)/t27-/m1/s1. The third-order valence-electron chi connectivity index (χ3n) is 6.17. The summed E-state index contributed by atoms with van der Waals surface area (Å²) < 4.78 is 17.9. The Morgan fingerprint density at radius 3 is 2.59 bits per heavy atom. The zero-order chi connectivity index (χ0) is 29.4. The summed E-state index contributed by atoms with van der Waals surface area (Å²) in [6, 6.07) is 14.0. The van der Waals surface area contributed by atoms with E-state index in [0.717, 1.165) is 16.5 Å². The fraction of sp³-hybridized carbons (Fsp3) is 0.276. The molecule has 1 aromatic heterocycles. The number of esters is 2. The highest BCUT2D eigenvalue weighted by molar-refractivity contribution is 7.80. The largest absolute Gasteiger partial charge is 0.483 e. The molecule has 0 aliphatic carbocycles. The van der Waals surface area contributed by atoms with Crippen LogP contribution in [0.15, 0.2) is 71.1 Å². The van der Waals surface area contributed by atoms with E-state index in [4.69, 9.17) is 26.4 Å². The topological polar surface area (TPSA) is 132 Å². The van der Waals surface area contributed by atoms with Gasteiger partial charge in [-0.1, -0.05) is 36.4 Å². The number of hydrogen-bond acceptors (Lipinski definition) is 8. The van der Waals surface area contributed by atoms with Crippen LogP contribution in [0.2, 0.25) is 0 Å². The predicted molar refractivity (Wildman–Crippen MR) is 157 cm³/mol. The average Bonchev–Trinajstić information content (AvgIpc) is 3.28. The van der Waals surface area contributed by atoms with Crippen molar-refractivity contribution in [2.45, 2.75) is 33.4 Å². The number of thiocarbonyl (C=S) groups is 1. The fourth-order valence-electron chi connectivity index (χ4n) is 4.46. The highest BCUT2D eigenvalue weighted by Gasteiger charge is 2.32. The molecular formula is C29H31N5O6S. The maximum atomic E-state index is 12.7. The number of benzene rings is 2. The normalized spacial score (nSPS) is 14.9. The molecule has 1 amide bonds. The lowest BCUT2D eigenvalue weighted by Gasteiger charge is -2.30. The van der Waals surface area contributed by atoms with E-state index in [2.05, 4.69) is 21.2 Å². The van der Waals surface area contributed by atoms with Gasteiger partial charge in [0, 0.05) is 33.9 Å². The second-order valence-electron chi connectivity index (χ2n) is 8.94. The van der Waals surface area contributed by atoms with Crippen molar-refractivity contribution in [2.24, 2.45) is 5.10 Å². The number of hydrazone groups is 1. The number of aromatic nitrogens is 1. The van der Waals surface area contributed by atoms with Gasteiger partial charge in [-0.25, -0.2) is 10.2 Å². The number of ether oxygens (including phenoxy) is 3. The molecule has 12 heteroatoms. The summed E-state index contributed by atoms with van der Waals surface area (Å²) in [6.45, 7) is 5.49. The monoisotopic (exact) mass is 577 g/mol. The molecule has 41 heavy (non-hydrogen) atoms. The Hall–Kier alpha value is -4.71. The fourth-order valence-corrected chi connectivity index (χ4v) is 4.73. The first-order valence-corrected chi connectivity index (χ1v) is 13.5. The van der Waals surface area contributed by atoms with Gasteiger partial charge in [0.2, 0.25) is 0 Å². The van der Waals surface area contributed by atoms with Crippen molar-refractivity contribution in [3.8, 4) is 5.75 Å². The highest BCUT2D eigenvalue weighted by Crippen LogP contribution is 2.33. The Kier molecular flexibility index (Phi) is 9.69. The van der Waals surface area contributed by atoms with Crippen LogP contribution in [0.5, 0.6) is 5.75 Å². The lowest BCUT2D eigenvalue weighted by atomic mass is 9.95. The van der Waals surface area contributed by atoms with Gasteiger partial charge in [0.05, 0.1) is 31.0 Å². The number of hydrogen-bond donors (Lipinski definition) is 3. The van der Waals surface area contributed by atoms with Crippen molar-refractivity contribution in [1.29, 1.82) is 0 Å². The van der Waals surface area contributed by atoms with E-state index >= 15 is 0 Å². The minimum Gasteiger partial charge on any atom is -0.483 e. The van der Waals surface area contributed by atoms with Crippen molar-refractivity contribution >= 4 is 52.3 Å². The van der Waals surface area contributed by atoms with Gasteiger partial charge in [-0.15, -0.1) is 0 Å². The number of rotatable bonds is 11. The molecular weight excluding hydrogens is 546 g/mol. The molecule has 0 unspecified atom stereocenters. The second-order valence-corrected chi connectivity index (χ2v) is 9.35. The van der Waals surface area contributed by atoms with Gasteiger partial charge in [-0.3, -0.25) is 9.59 Å².